The van der Waals surface area contributed by atoms with Crippen molar-refractivity contribution in [3.05, 3.63) is 72.8 Å². The van der Waals surface area contributed by atoms with Crippen molar-refractivity contribution in [2.45, 2.75) is 28.7 Å². The molecule has 0 bridgehead atoms. The number of rotatable bonds is 10. The minimum atomic E-state index is -3.81. The summed E-state index contributed by atoms with van der Waals surface area (Å²) in [6, 6.07) is 21.9. The molecule has 4 heterocycles. The molecule has 3 aliphatic heterocycles. The first kappa shape index (κ1) is 34.0. The normalized spacial score (nSPS) is 18.2. The van der Waals surface area contributed by atoms with Gasteiger partial charge in [0.15, 0.2) is 0 Å². The molecule has 0 aliphatic carbocycles. The highest BCUT2D eigenvalue weighted by atomic mass is 32.2. The summed E-state index contributed by atoms with van der Waals surface area (Å²) in [7, 11) is 0.0487. The third kappa shape index (κ3) is 7.63. The number of hydrogen-bond acceptors (Lipinski definition) is 13. The Labute approximate surface area is 294 Å². The molecule has 0 atom stereocenters. The van der Waals surface area contributed by atoms with E-state index in [2.05, 4.69) is 49.5 Å². The Hall–Kier alpha value is -4.50. The van der Waals surface area contributed by atoms with Gasteiger partial charge >= 0.3 is 0 Å². The van der Waals surface area contributed by atoms with Gasteiger partial charge in [0.25, 0.3) is 0 Å². The molecule has 0 amide bonds. The van der Waals surface area contributed by atoms with Crippen molar-refractivity contribution in [3.63, 3.8) is 0 Å². The van der Waals surface area contributed by atoms with Gasteiger partial charge in [-0.3, -0.25) is 4.90 Å². The van der Waals surface area contributed by atoms with Crippen LogP contribution in [0.3, 0.4) is 0 Å². The number of piperazine rings is 1. The third-order valence-corrected chi connectivity index (χ3v) is 11.5. The minimum Gasteiger partial charge on any atom is -0.494 e. The Morgan fingerprint density at radius 3 is 2.10 bits per heavy atom. The number of sulfone groups is 1. The van der Waals surface area contributed by atoms with Gasteiger partial charge < -0.3 is 34.8 Å². The topological polar surface area (TPSA) is 128 Å². The van der Waals surface area contributed by atoms with E-state index in [9.17, 15) is 8.42 Å². The van der Waals surface area contributed by atoms with Gasteiger partial charge in [-0.2, -0.15) is 15.0 Å². The van der Waals surface area contributed by atoms with Crippen molar-refractivity contribution in [1.82, 2.24) is 24.8 Å². The standard InChI is InChI=1S/C36H45N9O4S/c1-42-18-20-44(21-19-42)27-14-16-43(17-15-27)28-12-13-30(32(26-28)48-2)37-34-39-35(41-36(40-34)45-22-24-49-25-23-45)38-31-10-6-7-11-33(31)50(46,47)29-8-4-3-5-9-29/h3-13,26-27H,14-25H2,1-2H3,(H2,37,38,39,40,41). The number of ether oxygens (including phenoxy) is 2. The first-order valence-corrected chi connectivity index (χ1v) is 18.7. The number of para-hydroxylation sites is 1. The predicted octanol–water partition coefficient (Wildman–Crippen LogP) is 4.25. The largest absolute Gasteiger partial charge is 0.494 e. The second kappa shape index (κ2) is 15.2. The maximum absolute atomic E-state index is 13.6. The summed E-state index contributed by atoms with van der Waals surface area (Å²) in [5.74, 6) is 1.63. The van der Waals surface area contributed by atoms with Gasteiger partial charge in [-0.25, -0.2) is 8.42 Å². The Bertz CT molecular complexity index is 1860. The maximum Gasteiger partial charge on any atom is 0.233 e. The van der Waals surface area contributed by atoms with Crippen LogP contribution in [0.5, 0.6) is 5.75 Å². The summed E-state index contributed by atoms with van der Waals surface area (Å²) >= 11 is 0. The zero-order chi connectivity index (χ0) is 34.5. The molecular weight excluding hydrogens is 655 g/mol. The second-order valence-electron chi connectivity index (χ2n) is 12.9. The van der Waals surface area contributed by atoms with Gasteiger partial charge in [-0.05, 0) is 56.3 Å². The zero-order valence-electron chi connectivity index (χ0n) is 28.7. The van der Waals surface area contributed by atoms with Gasteiger partial charge in [0.2, 0.25) is 27.7 Å². The highest BCUT2D eigenvalue weighted by molar-refractivity contribution is 7.91. The van der Waals surface area contributed by atoms with Gasteiger partial charge in [0.1, 0.15) is 5.75 Å². The monoisotopic (exact) mass is 699 g/mol. The molecule has 50 heavy (non-hydrogen) atoms. The summed E-state index contributed by atoms with van der Waals surface area (Å²) in [5.41, 5.74) is 2.19. The quantitative estimate of drug-likeness (QED) is 0.245. The first-order valence-electron chi connectivity index (χ1n) is 17.2. The fourth-order valence-corrected chi connectivity index (χ4v) is 8.24. The molecule has 3 aromatic carbocycles. The smallest absolute Gasteiger partial charge is 0.233 e. The molecule has 3 aliphatic rings. The Morgan fingerprint density at radius 1 is 0.740 bits per heavy atom. The van der Waals surface area contributed by atoms with Gasteiger partial charge in [-0.1, -0.05) is 30.3 Å². The number of nitrogens with zero attached hydrogens (tertiary/aromatic N) is 7. The van der Waals surface area contributed by atoms with Crippen LogP contribution in [0, 0.1) is 0 Å². The highest BCUT2D eigenvalue weighted by Crippen LogP contribution is 2.34. The van der Waals surface area contributed by atoms with Crippen LogP contribution in [-0.4, -0.2) is 119 Å². The van der Waals surface area contributed by atoms with E-state index >= 15 is 0 Å². The Balaban J connectivity index is 1.12. The van der Waals surface area contributed by atoms with E-state index in [-0.39, 0.29) is 15.7 Å². The van der Waals surface area contributed by atoms with E-state index < -0.39 is 9.84 Å². The Morgan fingerprint density at radius 2 is 1.40 bits per heavy atom. The van der Waals surface area contributed by atoms with E-state index in [1.54, 1.807) is 61.7 Å². The number of nitrogens with one attached hydrogen (secondary N) is 2. The SMILES string of the molecule is COc1cc(N2CCC(N3CCN(C)CC3)CC2)ccc1Nc1nc(Nc2ccccc2S(=O)(=O)c2ccccc2)nc(N2CCOCC2)n1. The number of piperidine rings is 1. The molecular formula is C36H45N9O4S. The third-order valence-electron chi connectivity index (χ3n) is 9.71. The highest BCUT2D eigenvalue weighted by Gasteiger charge is 2.28. The number of morpholine rings is 1. The summed E-state index contributed by atoms with van der Waals surface area (Å²) in [6.45, 7) is 8.92. The van der Waals surface area contributed by atoms with Crippen LogP contribution in [0.25, 0.3) is 0 Å². The van der Waals surface area contributed by atoms with Crippen LogP contribution < -0.4 is 25.2 Å². The lowest BCUT2D eigenvalue weighted by Crippen LogP contribution is -2.52. The molecule has 1 aromatic heterocycles. The Kier molecular flexibility index (Phi) is 10.3. The van der Waals surface area contributed by atoms with Crippen LogP contribution in [-0.2, 0) is 14.6 Å². The maximum atomic E-state index is 13.6. The van der Waals surface area contributed by atoms with Crippen molar-refractivity contribution in [1.29, 1.82) is 0 Å². The minimum absolute atomic E-state index is 0.124. The van der Waals surface area contributed by atoms with Gasteiger partial charge in [-0.15, -0.1) is 0 Å². The van der Waals surface area contributed by atoms with Crippen LogP contribution >= 0.6 is 0 Å². The summed E-state index contributed by atoms with van der Waals surface area (Å²) in [6.07, 6.45) is 2.29. The lowest BCUT2D eigenvalue weighted by atomic mass is 10.0. The molecule has 3 saturated heterocycles. The average molecular weight is 700 g/mol. The fraction of sp³-hybridized carbons (Fsp3) is 0.417. The molecule has 2 N–H and O–H groups in total. The molecule has 3 fully saturated rings. The number of likely N-dealkylation sites (N-methyl/N-ethyl adjacent to an activating group) is 1. The van der Waals surface area contributed by atoms with Crippen LogP contribution in [0.2, 0.25) is 0 Å². The predicted molar refractivity (Wildman–Crippen MR) is 195 cm³/mol. The zero-order valence-corrected chi connectivity index (χ0v) is 29.5. The number of hydrogen-bond donors (Lipinski definition) is 2. The first-order chi connectivity index (χ1) is 24.4. The number of anilines is 6. The van der Waals surface area contributed by atoms with E-state index in [0.717, 1.165) is 57.8 Å². The molecule has 7 rings (SSSR count). The van der Waals surface area contributed by atoms with E-state index in [1.807, 2.05) is 11.0 Å². The van der Waals surface area contributed by atoms with E-state index in [0.29, 0.717) is 61.4 Å². The lowest BCUT2D eigenvalue weighted by molar-refractivity contribution is 0.0982. The number of benzene rings is 3. The number of methoxy groups -OCH3 is 1. The van der Waals surface area contributed by atoms with Gasteiger partial charge in [0, 0.05) is 70.2 Å². The lowest BCUT2D eigenvalue weighted by Gasteiger charge is -2.42. The summed E-state index contributed by atoms with van der Waals surface area (Å²) in [4.78, 5) is 24.0. The van der Waals surface area contributed by atoms with Crippen molar-refractivity contribution >= 4 is 44.7 Å². The van der Waals surface area contributed by atoms with Crippen LogP contribution in [0.15, 0.2) is 82.6 Å². The molecule has 264 valence electrons. The summed E-state index contributed by atoms with van der Waals surface area (Å²) < 4.78 is 38.7. The molecule has 0 radical (unpaired) electrons. The average Bonchev–Trinajstić information content (AvgIpc) is 3.16. The van der Waals surface area contributed by atoms with E-state index in [1.165, 1.54) is 0 Å². The van der Waals surface area contributed by atoms with Crippen LogP contribution in [0.1, 0.15) is 12.8 Å². The second-order valence-corrected chi connectivity index (χ2v) is 14.8. The van der Waals surface area contributed by atoms with Crippen LogP contribution in [0.4, 0.5) is 34.9 Å². The molecule has 0 unspecified atom stereocenters. The van der Waals surface area contributed by atoms with Crippen molar-refractivity contribution in [2.24, 2.45) is 0 Å². The summed E-state index contributed by atoms with van der Waals surface area (Å²) in [5, 5.41) is 6.53. The van der Waals surface area contributed by atoms with Crippen molar-refractivity contribution in [2.75, 3.05) is 100 Å². The van der Waals surface area contributed by atoms with Crippen molar-refractivity contribution < 1.29 is 17.9 Å². The molecule has 0 saturated carbocycles. The number of aromatic nitrogens is 3. The molecule has 4 aromatic rings. The van der Waals surface area contributed by atoms with Gasteiger partial charge in [0.05, 0.1) is 41.5 Å². The fourth-order valence-electron chi connectivity index (χ4n) is 6.81. The molecule has 13 nitrogen and oxygen atoms in total. The molecule has 0 spiro atoms. The van der Waals surface area contributed by atoms with Crippen molar-refractivity contribution in [3.8, 4) is 5.75 Å². The molecule has 14 heteroatoms. The van der Waals surface area contributed by atoms with E-state index in [4.69, 9.17) is 19.4 Å².